The molecule has 1 aliphatic carbocycles. The molecule has 1 N–H and O–H groups in total. The Kier molecular flexibility index (Phi) is 3.38. The van der Waals surface area contributed by atoms with Crippen LogP contribution in [0.5, 0.6) is 0 Å². The zero-order valence-corrected chi connectivity index (χ0v) is 11.2. The van der Waals surface area contributed by atoms with E-state index in [9.17, 15) is 4.79 Å². The van der Waals surface area contributed by atoms with E-state index in [0.717, 1.165) is 22.9 Å². The van der Waals surface area contributed by atoms with Gasteiger partial charge in [-0.1, -0.05) is 0 Å². The minimum Gasteiger partial charge on any atom is -0.362 e. The first-order valence-corrected chi connectivity index (χ1v) is 6.38. The van der Waals surface area contributed by atoms with Gasteiger partial charge in [-0.3, -0.25) is 9.69 Å². The van der Waals surface area contributed by atoms with Crippen LogP contribution in [0.25, 0.3) is 0 Å². The van der Waals surface area contributed by atoms with E-state index in [1.54, 1.807) is 0 Å². The third-order valence-corrected chi connectivity index (χ3v) is 3.84. The molecule has 3 nitrogen and oxygen atoms in total. The largest absolute Gasteiger partial charge is 0.362 e. The quantitative estimate of drug-likeness (QED) is 0.795. The first-order chi connectivity index (χ1) is 7.99. The van der Waals surface area contributed by atoms with Gasteiger partial charge >= 0.3 is 0 Å². The Bertz CT molecular complexity index is 418. The Hall–Kier alpha value is -1.09. The smallest absolute Gasteiger partial charge is 0.178 e. The van der Waals surface area contributed by atoms with Crippen LogP contribution in [0, 0.1) is 19.8 Å². The topological polar surface area (TPSA) is 36.1 Å². The van der Waals surface area contributed by atoms with Crippen LogP contribution in [0.2, 0.25) is 0 Å². The zero-order chi connectivity index (χ0) is 12.6. The van der Waals surface area contributed by atoms with Gasteiger partial charge in [0, 0.05) is 23.0 Å². The number of nitrogens with one attached hydrogen (secondary N) is 1. The average molecular weight is 234 g/mol. The van der Waals surface area contributed by atoms with Gasteiger partial charge in [-0.2, -0.15) is 0 Å². The summed E-state index contributed by atoms with van der Waals surface area (Å²) in [5.41, 5.74) is 2.89. The Morgan fingerprint density at radius 3 is 2.65 bits per heavy atom. The predicted octanol–water partition coefficient (Wildman–Crippen LogP) is 2.54. The van der Waals surface area contributed by atoms with Gasteiger partial charge < -0.3 is 4.98 Å². The summed E-state index contributed by atoms with van der Waals surface area (Å²) in [5, 5.41) is 0. The number of nitrogens with zero attached hydrogens (tertiary/aromatic N) is 1. The Morgan fingerprint density at radius 1 is 1.53 bits per heavy atom. The lowest BCUT2D eigenvalue weighted by molar-refractivity contribution is 0.0916. The molecule has 0 bridgehead atoms. The fourth-order valence-corrected chi connectivity index (χ4v) is 2.41. The molecule has 17 heavy (non-hydrogen) atoms. The van der Waals surface area contributed by atoms with E-state index < -0.39 is 0 Å². The van der Waals surface area contributed by atoms with E-state index in [4.69, 9.17) is 0 Å². The average Bonchev–Trinajstić information content (AvgIpc) is 3.03. The Labute approximate surface area is 103 Å². The summed E-state index contributed by atoms with van der Waals surface area (Å²) in [6, 6.07) is 2.48. The number of carbonyl (C=O) groups is 1. The van der Waals surface area contributed by atoms with Gasteiger partial charge in [-0.05, 0) is 52.6 Å². The number of aromatic amines is 1. The molecule has 0 aromatic carbocycles. The number of likely N-dealkylation sites (N-methyl/N-ethyl adjacent to an activating group) is 1. The molecule has 0 spiro atoms. The summed E-state index contributed by atoms with van der Waals surface area (Å²) in [5.74, 6) is 1.03. The maximum atomic E-state index is 12.2. The van der Waals surface area contributed by atoms with Crippen LogP contribution in [-0.4, -0.2) is 35.3 Å². The molecule has 3 heteroatoms. The van der Waals surface area contributed by atoms with Crippen LogP contribution in [0.1, 0.15) is 41.5 Å². The van der Waals surface area contributed by atoms with Crippen molar-refractivity contribution >= 4 is 5.78 Å². The van der Waals surface area contributed by atoms with E-state index in [0.29, 0.717) is 12.6 Å². The molecule has 94 valence electrons. The van der Waals surface area contributed by atoms with Crippen molar-refractivity contribution in [3.63, 3.8) is 0 Å². The van der Waals surface area contributed by atoms with Gasteiger partial charge in [-0.15, -0.1) is 0 Å². The number of carbonyl (C=O) groups excluding carboxylic acids is 1. The number of aromatic nitrogens is 1. The van der Waals surface area contributed by atoms with Crippen LogP contribution >= 0.6 is 0 Å². The highest BCUT2D eigenvalue weighted by atomic mass is 16.1. The SMILES string of the molecule is Cc1cc(C(=O)CN(C)C(C)C2CC2)c(C)[nH]1. The summed E-state index contributed by atoms with van der Waals surface area (Å²) in [7, 11) is 2.05. The molecule has 1 aromatic heterocycles. The molecule has 0 saturated heterocycles. The number of rotatable bonds is 5. The standard InChI is InChI=1S/C14H22N2O/c1-9-7-13(10(2)15-9)14(17)8-16(4)11(3)12-5-6-12/h7,11-12,15H,5-6,8H2,1-4H3. The minimum absolute atomic E-state index is 0.224. The van der Waals surface area contributed by atoms with Gasteiger partial charge in [-0.25, -0.2) is 0 Å². The van der Waals surface area contributed by atoms with Crippen molar-refractivity contribution in [1.29, 1.82) is 0 Å². The summed E-state index contributed by atoms with van der Waals surface area (Å²) >= 11 is 0. The highest BCUT2D eigenvalue weighted by Gasteiger charge is 2.31. The highest BCUT2D eigenvalue weighted by molar-refractivity contribution is 5.98. The summed E-state index contributed by atoms with van der Waals surface area (Å²) in [6.45, 7) is 6.70. The van der Waals surface area contributed by atoms with Gasteiger partial charge in [0.25, 0.3) is 0 Å². The highest BCUT2D eigenvalue weighted by Crippen LogP contribution is 2.34. The van der Waals surface area contributed by atoms with E-state index in [2.05, 4.69) is 23.9 Å². The van der Waals surface area contributed by atoms with Crippen molar-refractivity contribution in [2.24, 2.45) is 5.92 Å². The molecule has 0 amide bonds. The summed E-state index contributed by atoms with van der Waals surface area (Å²) in [4.78, 5) is 17.5. The molecule has 1 fully saturated rings. The number of Topliss-reactive ketones (excluding diaryl/α,β-unsaturated/α-hetero) is 1. The summed E-state index contributed by atoms with van der Waals surface area (Å²) < 4.78 is 0. The fourth-order valence-electron chi connectivity index (χ4n) is 2.41. The second kappa shape index (κ2) is 4.65. The van der Waals surface area contributed by atoms with Crippen molar-refractivity contribution in [2.45, 2.75) is 39.7 Å². The third-order valence-electron chi connectivity index (χ3n) is 3.84. The van der Waals surface area contributed by atoms with Crippen LogP contribution in [-0.2, 0) is 0 Å². The zero-order valence-electron chi connectivity index (χ0n) is 11.2. The van der Waals surface area contributed by atoms with Crippen molar-refractivity contribution in [1.82, 2.24) is 9.88 Å². The molecule has 1 aromatic rings. The fraction of sp³-hybridized carbons (Fsp3) is 0.643. The molecule has 1 atom stereocenters. The lowest BCUT2D eigenvalue weighted by atomic mass is 10.1. The van der Waals surface area contributed by atoms with Gasteiger partial charge in [0.05, 0.1) is 6.54 Å². The molecule has 0 aliphatic heterocycles. The van der Waals surface area contributed by atoms with Gasteiger partial charge in [0.15, 0.2) is 5.78 Å². The molecule has 1 saturated carbocycles. The molecular weight excluding hydrogens is 212 g/mol. The molecule has 1 unspecified atom stereocenters. The molecule has 1 heterocycles. The van der Waals surface area contributed by atoms with Crippen molar-refractivity contribution < 1.29 is 4.79 Å². The number of aryl methyl sites for hydroxylation is 2. The van der Waals surface area contributed by atoms with E-state index in [1.165, 1.54) is 12.8 Å². The first kappa shape index (κ1) is 12.4. The second-order valence-electron chi connectivity index (χ2n) is 5.41. The molecule has 0 radical (unpaired) electrons. The van der Waals surface area contributed by atoms with E-state index in [-0.39, 0.29) is 5.78 Å². The van der Waals surface area contributed by atoms with Crippen molar-refractivity contribution in [3.8, 4) is 0 Å². The second-order valence-corrected chi connectivity index (χ2v) is 5.41. The van der Waals surface area contributed by atoms with Crippen LogP contribution in [0.4, 0.5) is 0 Å². The lowest BCUT2D eigenvalue weighted by Crippen LogP contribution is -2.35. The maximum absolute atomic E-state index is 12.2. The minimum atomic E-state index is 0.224. The van der Waals surface area contributed by atoms with Crippen LogP contribution in [0.3, 0.4) is 0 Å². The number of H-pyrrole nitrogens is 1. The molecular formula is C14H22N2O. The van der Waals surface area contributed by atoms with Crippen LogP contribution in [0.15, 0.2) is 6.07 Å². The van der Waals surface area contributed by atoms with E-state index >= 15 is 0 Å². The monoisotopic (exact) mass is 234 g/mol. The first-order valence-electron chi connectivity index (χ1n) is 6.38. The normalized spacial score (nSPS) is 17.5. The Morgan fingerprint density at radius 2 is 2.18 bits per heavy atom. The molecule has 2 rings (SSSR count). The lowest BCUT2D eigenvalue weighted by Gasteiger charge is -2.23. The predicted molar refractivity (Wildman–Crippen MR) is 69.4 cm³/mol. The maximum Gasteiger partial charge on any atom is 0.178 e. The Balaban J connectivity index is 1.98. The number of ketones is 1. The number of hydrogen-bond acceptors (Lipinski definition) is 2. The third kappa shape index (κ3) is 2.78. The van der Waals surface area contributed by atoms with E-state index in [1.807, 2.05) is 19.9 Å². The van der Waals surface area contributed by atoms with Crippen molar-refractivity contribution in [3.05, 3.63) is 23.0 Å². The van der Waals surface area contributed by atoms with Crippen molar-refractivity contribution in [2.75, 3.05) is 13.6 Å². The van der Waals surface area contributed by atoms with Gasteiger partial charge in [0.1, 0.15) is 0 Å². The summed E-state index contributed by atoms with van der Waals surface area (Å²) in [6.07, 6.45) is 2.64. The van der Waals surface area contributed by atoms with Crippen LogP contribution < -0.4 is 0 Å². The van der Waals surface area contributed by atoms with Gasteiger partial charge in [0.2, 0.25) is 0 Å². The molecule has 1 aliphatic rings. The number of hydrogen-bond donors (Lipinski definition) is 1.